The molecule has 0 saturated heterocycles. The van der Waals surface area contributed by atoms with Crippen LogP contribution in [0, 0.1) is 0 Å². The molecule has 0 radical (unpaired) electrons. The summed E-state index contributed by atoms with van der Waals surface area (Å²) in [6.45, 7) is 2.70. The lowest BCUT2D eigenvalue weighted by Crippen LogP contribution is -2.35. The summed E-state index contributed by atoms with van der Waals surface area (Å²) in [5, 5.41) is 0.510. The Morgan fingerprint density at radius 1 is 0.935 bits per heavy atom. The van der Waals surface area contributed by atoms with Gasteiger partial charge in [-0.05, 0) is 25.0 Å². The molecule has 1 atom stereocenters. The number of imidazole rings is 1. The fourth-order valence-electron chi connectivity index (χ4n) is 4.03. The lowest BCUT2D eigenvalue weighted by atomic mass is 10.1. The van der Waals surface area contributed by atoms with Crippen molar-refractivity contribution in [2.75, 3.05) is 11.4 Å². The highest BCUT2D eigenvalue weighted by Crippen LogP contribution is 2.35. The van der Waals surface area contributed by atoms with Gasteiger partial charge in [0.25, 0.3) is 0 Å². The summed E-state index contributed by atoms with van der Waals surface area (Å²) in [4.78, 5) is 23.5. The summed E-state index contributed by atoms with van der Waals surface area (Å²) in [5.74, 6) is 0.119. The van der Waals surface area contributed by atoms with Gasteiger partial charge in [-0.3, -0.25) is 4.79 Å². The molecule has 2 heterocycles. The molecule has 0 aliphatic carbocycles. The maximum atomic E-state index is 13.2. The van der Waals surface area contributed by atoms with Gasteiger partial charge >= 0.3 is 0 Å². The van der Waals surface area contributed by atoms with Crippen LogP contribution in [-0.2, 0) is 11.2 Å². The topological polar surface area (TPSA) is 49.0 Å². The molecule has 3 aromatic carbocycles. The normalized spacial score (nSPS) is 13.8. The Hall–Kier alpha value is -3.31. The Balaban J connectivity index is 1.43. The maximum absolute atomic E-state index is 13.2. The van der Waals surface area contributed by atoms with E-state index < -0.39 is 0 Å². The van der Waals surface area contributed by atoms with Crippen molar-refractivity contribution in [2.45, 2.75) is 23.8 Å². The molecule has 0 saturated carbocycles. The van der Waals surface area contributed by atoms with Crippen LogP contribution in [0.4, 0.5) is 5.69 Å². The van der Waals surface area contributed by atoms with Crippen LogP contribution in [0.25, 0.3) is 22.5 Å². The first-order valence-electron chi connectivity index (χ1n) is 10.5. The second-order valence-electron chi connectivity index (χ2n) is 7.63. The van der Waals surface area contributed by atoms with Gasteiger partial charge in [0, 0.05) is 23.4 Å². The van der Waals surface area contributed by atoms with Gasteiger partial charge in [0.15, 0.2) is 5.16 Å². The molecule has 0 bridgehead atoms. The van der Waals surface area contributed by atoms with Crippen molar-refractivity contribution in [3.63, 3.8) is 0 Å². The van der Waals surface area contributed by atoms with Crippen molar-refractivity contribution in [3.05, 3.63) is 90.5 Å². The molecule has 1 N–H and O–H groups in total. The number of H-pyrrole nitrogens is 1. The number of aromatic nitrogens is 2. The fraction of sp³-hybridized carbons (Fsp3) is 0.154. The number of carbonyl (C=O) groups excluding carboxylic acids is 1. The number of hydrogen-bond donors (Lipinski definition) is 1. The van der Waals surface area contributed by atoms with Crippen molar-refractivity contribution >= 4 is 23.4 Å². The van der Waals surface area contributed by atoms with Crippen molar-refractivity contribution in [2.24, 2.45) is 0 Å². The number of anilines is 1. The number of carbonyl (C=O) groups is 1. The molecule has 1 amide bonds. The minimum absolute atomic E-state index is 0.119. The van der Waals surface area contributed by atoms with E-state index >= 15 is 0 Å². The average Bonchev–Trinajstić information content (AvgIpc) is 3.44. The smallest absolute Gasteiger partial charge is 0.240 e. The number of fused-ring (bicyclic) bond motifs is 1. The van der Waals surface area contributed by atoms with Crippen LogP contribution in [0.3, 0.4) is 0 Å². The molecule has 4 nitrogen and oxygen atoms in total. The zero-order chi connectivity index (χ0) is 21.2. The Morgan fingerprint density at radius 3 is 2.32 bits per heavy atom. The second-order valence-corrected chi connectivity index (χ2v) is 8.96. The lowest BCUT2D eigenvalue weighted by Gasteiger charge is -2.20. The number of para-hydroxylation sites is 1. The predicted octanol–water partition coefficient (Wildman–Crippen LogP) is 5.81. The van der Waals surface area contributed by atoms with Crippen molar-refractivity contribution < 1.29 is 4.79 Å². The largest absolute Gasteiger partial charge is 0.332 e. The average molecular weight is 426 g/mol. The van der Waals surface area contributed by atoms with E-state index in [1.165, 1.54) is 17.3 Å². The summed E-state index contributed by atoms with van der Waals surface area (Å²) < 4.78 is 0. The van der Waals surface area contributed by atoms with E-state index in [2.05, 4.69) is 35.3 Å². The van der Waals surface area contributed by atoms with Gasteiger partial charge in [-0.25, -0.2) is 4.98 Å². The van der Waals surface area contributed by atoms with Crippen LogP contribution in [0.2, 0.25) is 0 Å². The van der Waals surface area contributed by atoms with Crippen LogP contribution in [0.5, 0.6) is 0 Å². The van der Waals surface area contributed by atoms with Gasteiger partial charge in [0.2, 0.25) is 5.91 Å². The van der Waals surface area contributed by atoms with Gasteiger partial charge < -0.3 is 9.88 Å². The van der Waals surface area contributed by atoms with Crippen LogP contribution in [-0.4, -0.2) is 27.7 Å². The Kier molecular flexibility index (Phi) is 5.35. The van der Waals surface area contributed by atoms with Gasteiger partial charge in [0.1, 0.15) is 0 Å². The maximum Gasteiger partial charge on any atom is 0.240 e. The number of nitrogens with zero attached hydrogens (tertiary/aromatic N) is 2. The first-order valence-corrected chi connectivity index (χ1v) is 11.4. The Labute approximate surface area is 186 Å². The minimum atomic E-state index is -0.246. The second kappa shape index (κ2) is 8.44. The molecule has 0 fully saturated rings. The highest BCUT2D eigenvalue weighted by molar-refractivity contribution is 8.00. The summed E-state index contributed by atoms with van der Waals surface area (Å²) >= 11 is 1.48. The summed E-state index contributed by atoms with van der Waals surface area (Å²) in [6.07, 6.45) is 0.913. The predicted molar refractivity (Wildman–Crippen MR) is 127 cm³/mol. The molecule has 1 aliphatic rings. The first-order chi connectivity index (χ1) is 15.2. The Bertz CT molecular complexity index is 1150. The van der Waals surface area contributed by atoms with Gasteiger partial charge in [-0.2, -0.15) is 0 Å². The first kappa shape index (κ1) is 19.6. The minimum Gasteiger partial charge on any atom is -0.332 e. The molecule has 1 aliphatic heterocycles. The lowest BCUT2D eigenvalue weighted by molar-refractivity contribution is -0.117. The van der Waals surface area contributed by atoms with E-state index in [4.69, 9.17) is 4.98 Å². The molecular formula is C26H23N3OS. The third kappa shape index (κ3) is 3.89. The number of rotatable bonds is 5. The Morgan fingerprint density at radius 2 is 1.58 bits per heavy atom. The number of aromatic amines is 1. The number of amides is 1. The van der Waals surface area contributed by atoms with E-state index in [1.54, 1.807) is 0 Å². The third-order valence-electron chi connectivity index (χ3n) is 5.58. The van der Waals surface area contributed by atoms with Crippen LogP contribution in [0.1, 0.15) is 12.5 Å². The molecule has 5 heteroatoms. The van der Waals surface area contributed by atoms with Gasteiger partial charge in [-0.15, -0.1) is 0 Å². The molecule has 1 unspecified atom stereocenters. The molecule has 1 aromatic heterocycles. The molecule has 4 aromatic rings. The monoisotopic (exact) mass is 425 g/mol. The summed E-state index contributed by atoms with van der Waals surface area (Å²) in [7, 11) is 0. The van der Waals surface area contributed by atoms with E-state index in [-0.39, 0.29) is 11.2 Å². The number of hydrogen-bond acceptors (Lipinski definition) is 3. The third-order valence-corrected chi connectivity index (χ3v) is 6.55. The highest BCUT2D eigenvalue weighted by atomic mass is 32.2. The van der Waals surface area contributed by atoms with Gasteiger partial charge in [-0.1, -0.05) is 90.6 Å². The van der Waals surface area contributed by atoms with Crippen LogP contribution in [0.15, 0.2) is 90.1 Å². The van der Waals surface area contributed by atoms with E-state index in [0.717, 1.165) is 46.3 Å². The van der Waals surface area contributed by atoms with E-state index in [0.29, 0.717) is 0 Å². The van der Waals surface area contributed by atoms with E-state index in [1.807, 2.05) is 66.4 Å². The molecule has 0 spiro atoms. The van der Waals surface area contributed by atoms with Crippen molar-refractivity contribution in [3.8, 4) is 22.5 Å². The number of nitrogens with one attached hydrogen (secondary N) is 1. The SMILES string of the molecule is CC(Sc1nc(-c2ccccc2)c(-c2ccccc2)[nH]1)C(=O)N1CCc2ccccc21. The molecule has 154 valence electrons. The molecular weight excluding hydrogens is 402 g/mol. The fourth-order valence-corrected chi connectivity index (χ4v) is 4.90. The summed E-state index contributed by atoms with van der Waals surface area (Å²) in [6, 6.07) is 28.5. The van der Waals surface area contributed by atoms with Crippen LogP contribution < -0.4 is 4.90 Å². The number of thioether (sulfide) groups is 1. The van der Waals surface area contributed by atoms with Crippen molar-refractivity contribution in [1.29, 1.82) is 0 Å². The highest BCUT2D eigenvalue weighted by Gasteiger charge is 2.29. The summed E-state index contributed by atoms with van der Waals surface area (Å²) in [5.41, 5.74) is 6.28. The van der Waals surface area contributed by atoms with Crippen molar-refractivity contribution in [1.82, 2.24) is 9.97 Å². The zero-order valence-corrected chi connectivity index (χ0v) is 18.1. The molecule has 5 rings (SSSR count). The molecule has 31 heavy (non-hydrogen) atoms. The van der Waals surface area contributed by atoms with E-state index in [9.17, 15) is 4.79 Å². The van der Waals surface area contributed by atoms with Gasteiger partial charge in [0.05, 0.1) is 16.6 Å². The standard InChI is InChI=1S/C26H23N3OS/c1-18(25(30)29-17-16-19-10-8-9-15-22(19)29)31-26-27-23(20-11-4-2-5-12-20)24(28-26)21-13-6-3-7-14-21/h2-15,18H,16-17H2,1H3,(H,27,28). The van der Waals surface area contributed by atoms with Crippen LogP contribution >= 0.6 is 11.8 Å². The quantitative estimate of drug-likeness (QED) is 0.410. The number of benzene rings is 3. The zero-order valence-electron chi connectivity index (χ0n) is 17.3.